The fraction of sp³-hybridized carbons (Fsp3) is 0.778. The fourth-order valence-electron chi connectivity index (χ4n) is 3.88. The zero-order chi connectivity index (χ0) is 17.6. The van der Waals surface area contributed by atoms with E-state index in [2.05, 4.69) is 9.88 Å². The highest BCUT2D eigenvalue weighted by Crippen LogP contribution is 2.24. The molecule has 3 rings (SSSR count). The number of aryl methyl sites for hydroxylation is 2. The van der Waals surface area contributed by atoms with Crippen molar-refractivity contribution in [3.63, 3.8) is 0 Å². The minimum atomic E-state index is 0.164. The molecule has 1 aromatic rings. The molecule has 1 aromatic heterocycles. The van der Waals surface area contributed by atoms with E-state index in [0.29, 0.717) is 18.9 Å². The summed E-state index contributed by atoms with van der Waals surface area (Å²) in [4.78, 5) is 22.6. The highest BCUT2D eigenvalue weighted by Gasteiger charge is 2.30. The quantitative estimate of drug-likeness (QED) is 0.818. The molecular formula is C18H29N3O3S. The Kier molecular flexibility index (Phi) is 6.81. The van der Waals surface area contributed by atoms with Gasteiger partial charge in [-0.25, -0.2) is 4.98 Å². The summed E-state index contributed by atoms with van der Waals surface area (Å²) in [5.41, 5.74) is 2.88. The van der Waals surface area contributed by atoms with Gasteiger partial charge in [0.05, 0.1) is 24.4 Å². The van der Waals surface area contributed by atoms with Gasteiger partial charge in [0.2, 0.25) is 5.91 Å². The maximum atomic E-state index is 12.7. The van der Waals surface area contributed by atoms with E-state index in [1.54, 1.807) is 11.3 Å². The molecule has 1 N–H and O–H groups in total. The molecule has 140 valence electrons. The van der Waals surface area contributed by atoms with E-state index in [4.69, 9.17) is 4.74 Å². The van der Waals surface area contributed by atoms with Gasteiger partial charge in [0, 0.05) is 50.6 Å². The molecule has 0 spiro atoms. The van der Waals surface area contributed by atoms with Crippen LogP contribution in [0, 0.1) is 18.8 Å². The first kappa shape index (κ1) is 18.8. The van der Waals surface area contributed by atoms with E-state index in [1.165, 1.54) is 4.88 Å². The molecule has 0 bridgehead atoms. The third kappa shape index (κ3) is 5.23. The second-order valence-electron chi connectivity index (χ2n) is 7.22. The van der Waals surface area contributed by atoms with Crippen molar-refractivity contribution in [3.05, 3.63) is 16.1 Å². The number of aromatic nitrogens is 1. The Morgan fingerprint density at radius 1 is 1.36 bits per heavy atom. The van der Waals surface area contributed by atoms with Gasteiger partial charge in [-0.3, -0.25) is 9.69 Å². The van der Waals surface area contributed by atoms with Gasteiger partial charge < -0.3 is 14.7 Å². The van der Waals surface area contributed by atoms with Gasteiger partial charge in [-0.15, -0.1) is 11.3 Å². The van der Waals surface area contributed by atoms with Crippen LogP contribution in [0.25, 0.3) is 0 Å². The van der Waals surface area contributed by atoms with Crippen LogP contribution in [0.3, 0.4) is 0 Å². The van der Waals surface area contributed by atoms with E-state index in [0.717, 1.165) is 57.9 Å². The van der Waals surface area contributed by atoms with E-state index < -0.39 is 0 Å². The number of aliphatic hydroxyl groups excluding tert-OH is 1. The van der Waals surface area contributed by atoms with Crippen molar-refractivity contribution in [3.8, 4) is 0 Å². The molecule has 0 aliphatic carbocycles. The highest BCUT2D eigenvalue weighted by atomic mass is 32.1. The van der Waals surface area contributed by atoms with Gasteiger partial charge in [0.15, 0.2) is 0 Å². The van der Waals surface area contributed by atoms with Crippen LogP contribution >= 0.6 is 11.3 Å². The third-order valence-electron chi connectivity index (χ3n) is 5.27. The highest BCUT2D eigenvalue weighted by molar-refractivity contribution is 7.09. The van der Waals surface area contributed by atoms with Crippen LogP contribution < -0.4 is 0 Å². The molecule has 2 atom stereocenters. The second-order valence-corrected chi connectivity index (χ2v) is 8.16. The summed E-state index contributed by atoms with van der Waals surface area (Å²) in [6.07, 6.45) is 2.31. The molecule has 3 heterocycles. The van der Waals surface area contributed by atoms with Crippen LogP contribution in [-0.2, 0) is 16.0 Å². The largest absolute Gasteiger partial charge is 0.396 e. The first-order valence-electron chi connectivity index (χ1n) is 9.23. The summed E-state index contributed by atoms with van der Waals surface area (Å²) in [6.45, 7) is 8.20. The SMILES string of the molecule is Cc1ncsc1CCC(=O)N1C[C@H](CO)C[C@H](CN2CCOCC2)C1. The van der Waals surface area contributed by atoms with Crippen molar-refractivity contribution in [2.45, 2.75) is 26.2 Å². The number of rotatable bonds is 6. The number of hydrogen-bond acceptors (Lipinski definition) is 6. The van der Waals surface area contributed by atoms with Crippen molar-refractivity contribution in [1.82, 2.24) is 14.8 Å². The summed E-state index contributed by atoms with van der Waals surface area (Å²) in [5.74, 6) is 0.852. The molecule has 1 amide bonds. The molecule has 2 fully saturated rings. The fourth-order valence-corrected chi connectivity index (χ4v) is 4.66. The molecule has 2 aliphatic rings. The van der Waals surface area contributed by atoms with E-state index in [-0.39, 0.29) is 18.4 Å². The second kappa shape index (κ2) is 9.07. The smallest absolute Gasteiger partial charge is 0.222 e. The number of morpholine rings is 1. The number of amides is 1. The predicted octanol–water partition coefficient (Wildman–Crippen LogP) is 1.17. The van der Waals surface area contributed by atoms with Crippen molar-refractivity contribution < 1.29 is 14.6 Å². The minimum Gasteiger partial charge on any atom is -0.396 e. The lowest BCUT2D eigenvalue weighted by Crippen LogP contribution is -2.49. The Morgan fingerprint density at radius 2 is 2.12 bits per heavy atom. The summed E-state index contributed by atoms with van der Waals surface area (Å²) in [7, 11) is 0. The summed E-state index contributed by atoms with van der Waals surface area (Å²) in [6, 6.07) is 0. The number of hydrogen-bond donors (Lipinski definition) is 1. The van der Waals surface area contributed by atoms with Gasteiger partial charge in [0.25, 0.3) is 0 Å². The molecule has 2 aliphatic heterocycles. The molecule has 0 unspecified atom stereocenters. The Balaban J connectivity index is 1.53. The number of carbonyl (C=O) groups is 1. The number of ether oxygens (including phenoxy) is 1. The molecule has 7 heteroatoms. The first-order chi connectivity index (χ1) is 12.2. The van der Waals surface area contributed by atoms with Gasteiger partial charge in [0.1, 0.15) is 0 Å². The van der Waals surface area contributed by atoms with E-state index in [9.17, 15) is 9.90 Å². The van der Waals surface area contributed by atoms with Crippen molar-refractivity contribution in [2.75, 3.05) is 52.5 Å². The average molecular weight is 368 g/mol. The van der Waals surface area contributed by atoms with Gasteiger partial charge >= 0.3 is 0 Å². The molecule has 25 heavy (non-hydrogen) atoms. The lowest BCUT2D eigenvalue weighted by atomic mass is 9.89. The van der Waals surface area contributed by atoms with Crippen molar-refractivity contribution in [1.29, 1.82) is 0 Å². The number of piperidine rings is 1. The minimum absolute atomic E-state index is 0.164. The zero-order valence-electron chi connectivity index (χ0n) is 15.0. The standard InChI is InChI=1S/C18H29N3O3S/c1-14-17(25-13-19-14)2-3-18(23)21-10-15(8-16(11-21)12-22)9-20-4-6-24-7-5-20/h13,15-16,22H,2-12H2,1H3/t15-,16-/m1/s1. The Bertz CT molecular complexity index is 560. The molecule has 0 aromatic carbocycles. The lowest BCUT2D eigenvalue weighted by Gasteiger charge is -2.40. The Morgan fingerprint density at radius 3 is 2.80 bits per heavy atom. The van der Waals surface area contributed by atoms with Crippen molar-refractivity contribution >= 4 is 17.2 Å². The number of nitrogens with zero attached hydrogens (tertiary/aromatic N) is 3. The normalized spacial score (nSPS) is 25.3. The first-order valence-corrected chi connectivity index (χ1v) is 10.1. The van der Waals surface area contributed by atoms with Crippen LogP contribution in [0.5, 0.6) is 0 Å². The molecule has 0 radical (unpaired) electrons. The van der Waals surface area contributed by atoms with Gasteiger partial charge in [-0.1, -0.05) is 0 Å². The molecular weight excluding hydrogens is 338 g/mol. The molecule has 2 saturated heterocycles. The summed E-state index contributed by atoms with van der Waals surface area (Å²) >= 11 is 1.63. The predicted molar refractivity (Wildman–Crippen MR) is 97.7 cm³/mol. The Labute approximate surface area is 153 Å². The van der Waals surface area contributed by atoms with Crippen LogP contribution in [-0.4, -0.2) is 78.3 Å². The number of carbonyl (C=O) groups excluding carboxylic acids is 1. The third-order valence-corrected chi connectivity index (χ3v) is 6.26. The lowest BCUT2D eigenvalue weighted by molar-refractivity contribution is -0.134. The number of aliphatic hydroxyl groups is 1. The summed E-state index contributed by atoms with van der Waals surface area (Å²) < 4.78 is 5.42. The van der Waals surface area contributed by atoms with Crippen LogP contribution in [0.4, 0.5) is 0 Å². The molecule has 0 saturated carbocycles. The van der Waals surface area contributed by atoms with Gasteiger partial charge in [-0.2, -0.15) is 0 Å². The summed E-state index contributed by atoms with van der Waals surface area (Å²) in [5, 5.41) is 9.65. The maximum Gasteiger partial charge on any atom is 0.222 e. The zero-order valence-corrected chi connectivity index (χ0v) is 15.8. The van der Waals surface area contributed by atoms with Crippen LogP contribution in [0.1, 0.15) is 23.4 Å². The van der Waals surface area contributed by atoms with Gasteiger partial charge in [-0.05, 0) is 31.6 Å². The maximum absolute atomic E-state index is 12.7. The molecule has 6 nitrogen and oxygen atoms in total. The Hall–Kier alpha value is -1.02. The average Bonchev–Trinajstić information content (AvgIpc) is 3.05. The topological polar surface area (TPSA) is 65.9 Å². The number of likely N-dealkylation sites (tertiary alicyclic amines) is 1. The monoisotopic (exact) mass is 367 g/mol. The van der Waals surface area contributed by atoms with Crippen LogP contribution in [0.2, 0.25) is 0 Å². The van der Waals surface area contributed by atoms with Crippen LogP contribution in [0.15, 0.2) is 5.51 Å². The number of thiazole rings is 1. The van der Waals surface area contributed by atoms with E-state index >= 15 is 0 Å². The van der Waals surface area contributed by atoms with E-state index in [1.807, 2.05) is 17.3 Å². The van der Waals surface area contributed by atoms with Crippen molar-refractivity contribution in [2.24, 2.45) is 11.8 Å².